The molecule has 2 aromatic carbocycles. The molecule has 0 aromatic heterocycles. The molecule has 148 valence electrons. The van der Waals surface area contributed by atoms with Crippen molar-refractivity contribution in [2.45, 2.75) is 13.0 Å². The molecule has 0 aliphatic heterocycles. The van der Waals surface area contributed by atoms with Crippen molar-refractivity contribution in [1.29, 1.82) is 0 Å². The number of primary amides is 1. The van der Waals surface area contributed by atoms with Crippen molar-refractivity contribution in [3.8, 4) is 11.5 Å². The summed E-state index contributed by atoms with van der Waals surface area (Å²) in [7, 11) is 1.45. The van der Waals surface area contributed by atoms with Gasteiger partial charge in [-0.2, -0.15) is 0 Å². The molecule has 0 bridgehead atoms. The number of para-hydroxylation sites is 1. The summed E-state index contributed by atoms with van der Waals surface area (Å²) in [6.45, 7) is 0.907. The Kier molecular flexibility index (Phi) is 7.22. The zero-order valence-corrected chi connectivity index (χ0v) is 16.0. The van der Waals surface area contributed by atoms with E-state index in [2.05, 4.69) is 5.32 Å². The largest absolute Gasteiger partial charge is 0.495 e. The summed E-state index contributed by atoms with van der Waals surface area (Å²) in [5.41, 5.74) is 5.72. The van der Waals surface area contributed by atoms with Crippen LogP contribution in [0, 0.1) is 0 Å². The van der Waals surface area contributed by atoms with E-state index in [0.29, 0.717) is 16.5 Å². The molecular formula is C19H19ClN2O6. The minimum absolute atomic E-state index is 0.133. The van der Waals surface area contributed by atoms with Crippen LogP contribution >= 0.6 is 11.6 Å². The molecule has 0 spiro atoms. The SMILES string of the molecule is COc1ccc(Cl)cc1NC(=O)[C@H](C)OC(=O)COc1ccccc1C(N)=O. The highest BCUT2D eigenvalue weighted by Gasteiger charge is 2.20. The van der Waals surface area contributed by atoms with Crippen molar-refractivity contribution in [3.63, 3.8) is 0 Å². The van der Waals surface area contributed by atoms with Crippen LogP contribution in [-0.4, -0.2) is 37.6 Å². The summed E-state index contributed by atoms with van der Waals surface area (Å²) in [5.74, 6) is -1.51. The van der Waals surface area contributed by atoms with Crippen LogP contribution in [0.2, 0.25) is 5.02 Å². The van der Waals surface area contributed by atoms with Gasteiger partial charge in [0.15, 0.2) is 12.7 Å². The van der Waals surface area contributed by atoms with Gasteiger partial charge in [0.2, 0.25) is 0 Å². The van der Waals surface area contributed by atoms with Gasteiger partial charge in [-0.25, -0.2) is 4.79 Å². The molecule has 2 amide bonds. The third-order valence-corrected chi connectivity index (χ3v) is 3.83. The molecule has 2 aromatic rings. The predicted molar refractivity (Wildman–Crippen MR) is 103 cm³/mol. The van der Waals surface area contributed by atoms with E-state index in [1.54, 1.807) is 24.3 Å². The number of benzene rings is 2. The molecule has 0 aliphatic rings. The Morgan fingerprint density at radius 2 is 1.86 bits per heavy atom. The smallest absolute Gasteiger partial charge is 0.344 e. The van der Waals surface area contributed by atoms with Crippen LogP contribution in [-0.2, 0) is 14.3 Å². The fourth-order valence-corrected chi connectivity index (χ4v) is 2.40. The molecule has 1 atom stereocenters. The summed E-state index contributed by atoms with van der Waals surface area (Å²) in [4.78, 5) is 35.5. The van der Waals surface area contributed by atoms with Crippen LogP contribution in [0.3, 0.4) is 0 Å². The van der Waals surface area contributed by atoms with Crippen LogP contribution in [0.15, 0.2) is 42.5 Å². The van der Waals surface area contributed by atoms with Gasteiger partial charge in [-0.15, -0.1) is 0 Å². The molecule has 0 saturated heterocycles. The lowest BCUT2D eigenvalue weighted by Crippen LogP contribution is -2.32. The number of nitrogens with one attached hydrogen (secondary N) is 1. The number of carbonyl (C=O) groups excluding carboxylic acids is 3. The van der Waals surface area contributed by atoms with E-state index in [1.807, 2.05) is 0 Å². The molecule has 8 nitrogen and oxygen atoms in total. The van der Waals surface area contributed by atoms with Crippen molar-refractivity contribution in [2.75, 3.05) is 19.0 Å². The van der Waals surface area contributed by atoms with E-state index >= 15 is 0 Å². The van der Waals surface area contributed by atoms with Crippen LogP contribution in [0.25, 0.3) is 0 Å². The van der Waals surface area contributed by atoms with Crippen molar-refractivity contribution >= 4 is 35.1 Å². The van der Waals surface area contributed by atoms with Crippen LogP contribution in [0.1, 0.15) is 17.3 Å². The minimum atomic E-state index is -1.11. The topological polar surface area (TPSA) is 117 Å². The summed E-state index contributed by atoms with van der Waals surface area (Å²) < 4.78 is 15.5. The first-order chi connectivity index (χ1) is 13.3. The Balaban J connectivity index is 1.93. The fourth-order valence-electron chi connectivity index (χ4n) is 2.23. The van der Waals surface area contributed by atoms with Gasteiger partial charge in [-0.1, -0.05) is 23.7 Å². The van der Waals surface area contributed by atoms with Crippen LogP contribution in [0.5, 0.6) is 11.5 Å². The molecule has 0 saturated carbocycles. The van der Waals surface area contributed by atoms with E-state index < -0.39 is 30.5 Å². The number of halogens is 1. The lowest BCUT2D eigenvalue weighted by molar-refractivity contribution is -0.155. The molecule has 0 unspecified atom stereocenters. The molecule has 0 radical (unpaired) electrons. The van der Waals surface area contributed by atoms with Crippen molar-refractivity contribution < 1.29 is 28.6 Å². The Morgan fingerprint density at radius 3 is 2.54 bits per heavy atom. The zero-order valence-electron chi connectivity index (χ0n) is 15.2. The number of hydrogen-bond donors (Lipinski definition) is 2. The van der Waals surface area contributed by atoms with Gasteiger partial charge in [-0.05, 0) is 37.3 Å². The average molecular weight is 407 g/mol. The third-order valence-electron chi connectivity index (χ3n) is 3.59. The summed E-state index contributed by atoms with van der Waals surface area (Å²) in [6, 6.07) is 10.9. The quantitative estimate of drug-likeness (QED) is 0.650. The van der Waals surface area contributed by atoms with Gasteiger partial charge >= 0.3 is 5.97 Å². The van der Waals surface area contributed by atoms with Gasteiger partial charge in [0.1, 0.15) is 11.5 Å². The fraction of sp³-hybridized carbons (Fsp3) is 0.211. The maximum Gasteiger partial charge on any atom is 0.344 e. The molecule has 0 aliphatic carbocycles. The van der Waals surface area contributed by atoms with E-state index in [0.717, 1.165) is 0 Å². The monoisotopic (exact) mass is 406 g/mol. The number of carbonyl (C=O) groups is 3. The number of ether oxygens (including phenoxy) is 3. The number of amides is 2. The maximum atomic E-state index is 12.3. The van der Waals surface area contributed by atoms with Crippen LogP contribution < -0.4 is 20.5 Å². The molecule has 0 heterocycles. The highest BCUT2D eigenvalue weighted by molar-refractivity contribution is 6.31. The molecule has 0 fully saturated rings. The van der Waals surface area contributed by atoms with E-state index in [4.69, 9.17) is 31.5 Å². The van der Waals surface area contributed by atoms with Gasteiger partial charge < -0.3 is 25.3 Å². The number of anilines is 1. The number of esters is 1. The van der Waals surface area contributed by atoms with Gasteiger partial charge in [0.05, 0.1) is 18.4 Å². The Morgan fingerprint density at radius 1 is 1.14 bits per heavy atom. The highest BCUT2D eigenvalue weighted by Crippen LogP contribution is 2.27. The first kappa shape index (κ1) is 21.0. The molecular weight excluding hydrogens is 388 g/mol. The summed E-state index contributed by atoms with van der Waals surface area (Å²) >= 11 is 5.91. The lowest BCUT2D eigenvalue weighted by atomic mass is 10.2. The second kappa shape index (κ2) is 9.61. The first-order valence-corrected chi connectivity index (χ1v) is 8.55. The van der Waals surface area contributed by atoms with Crippen LogP contribution in [0.4, 0.5) is 5.69 Å². The second-order valence-electron chi connectivity index (χ2n) is 5.62. The van der Waals surface area contributed by atoms with E-state index in [1.165, 1.54) is 32.2 Å². The Bertz CT molecular complexity index is 886. The molecule has 9 heteroatoms. The second-order valence-corrected chi connectivity index (χ2v) is 6.05. The van der Waals surface area contributed by atoms with Gasteiger partial charge in [0, 0.05) is 5.02 Å². The zero-order chi connectivity index (χ0) is 20.7. The Labute approximate surface area is 166 Å². The summed E-state index contributed by atoms with van der Waals surface area (Å²) in [6.07, 6.45) is -1.11. The number of nitrogens with two attached hydrogens (primary N) is 1. The normalized spacial score (nSPS) is 11.2. The predicted octanol–water partition coefficient (Wildman–Crippen LogP) is 2.40. The van der Waals surface area contributed by atoms with Crippen molar-refractivity contribution in [3.05, 3.63) is 53.1 Å². The third kappa shape index (κ3) is 5.62. The highest BCUT2D eigenvalue weighted by atomic mass is 35.5. The van der Waals surface area contributed by atoms with E-state index in [9.17, 15) is 14.4 Å². The Hall–Kier alpha value is -3.26. The molecule has 3 N–H and O–H groups in total. The van der Waals surface area contributed by atoms with Crippen molar-refractivity contribution in [1.82, 2.24) is 0 Å². The number of methoxy groups -OCH3 is 1. The van der Waals surface area contributed by atoms with Gasteiger partial charge in [0.25, 0.3) is 11.8 Å². The van der Waals surface area contributed by atoms with Crippen molar-refractivity contribution in [2.24, 2.45) is 5.73 Å². The number of rotatable bonds is 8. The molecule has 2 rings (SSSR count). The standard InChI is InChI=1S/C19H19ClN2O6/c1-11(19(25)22-14-9-12(20)7-8-16(14)26-2)28-17(23)10-27-15-6-4-3-5-13(15)18(21)24/h3-9,11H,10H2,1-2H3,(H2,21,24)(H,22,25)/t11-/m0/s1. The first-order valence-electron chi connectivity index (χ1n) is 8.17. The number of hydrogen-bond acceptors (Lipinski definition) is 6. The lowest BCUT2D eigenvalue weighted by Gasteiger charge is -2.16. The minimum Gasteiger partial charge on any atom is -0.495 e. The van der Waals surface area contributed by atoms with E-state index in [-0.39, 0.29) is 11.3 Å². The van der Waals surface area contributed by atoms with Gasteiger partial charge in [-0.3, -0.25) is 9.59 Å². The molecule has 28 heavy (non-hydrogen) atoms. The maximum absolute atomic E-state index is 12.3. The average Bonchev–Trinajstić information content (AvgIpc) is 2.66. The summed E-state index contributed by atoms with van der Waals surface area (Å²) in [5, 5.41) is 2.98.